The SMILES string of the molecule is COC(=O)NC(CCC=CC(=O)N(C)C)C(=O)Nc1cccn(Cc2nc3c(CC(C)C)nc(C)nc3n2C(=O)O)c1=O. The van der Waals surface area contributed by atoms with Crippen LogP contribution in [0.3, 0.4) is 0 Å². The second kappa shape index (κ2) is 14.2. The number of imidazole rings is 1. The summed E-state index contributed by atoms with van der Waals surface area (Å²) in [4.78, 5) is 77.0. The minimum atomic E-state index is -1.32. The van der Waals surface area contributed by atoms with E-state index < -0.39 is 29.7 Å². The Balaban J connectivity index is 1.89. The molecule has 0 spiro atoms. The summed E-state index contributed by atoms with van der Waals surface area (Å²) in [5.74, 6) is -0.250. The van der Waals surface area contributed by atoms with Crippen LogP contribution in [0, 0.1) is 12.8 Å². The number of likely N-dealkylation sites (N-methyl/N-ethyl adjacent to an activating group) is 1. The molecule has 0 saturated carbocycles. The number of carbonyl (C=O) groups excluding carboxylic acids is 3. The summed E-state index contributed by atoms with van der Waals surface area (Å²) in [7, 11) is 4.36. The van der Waals surface area contributed by atoms with Crippen molar-refractivity contribution in [3.63, 3.8) is 0 Å². The fourth-order valence-electron chi connectivity index (χ4n) is 4.21. The molecular formula is C28H36N8O7. The highest BCUT2D eigenvalue weighted by Gasteiger charge is 2.24. The van der Waals surface area contributed by atoms with Gasteiger partial charge in [0.1, 0.15) is 28.9 Å². The summed E-state index contributed by atoms with van der Waals surface area (Å²) in [5.41, 5.74) is 0.347. The van der Waals surface area contributed by atoms with Gasteiger partial charge in [0, 0.05) is 20.3 Å². The number of carboxylic acid groups (broad SMARTS) is 1. The fourth-order valence-corrected chi connectivity index (χ4v) is 4.21. The van der Waals surface area contributed by atoms with Gasteiger partial charge in [-0.15, -0.1) is 0 Å². The molecule has 3 amide bonds. The third-order valence-corrected chi connectivity index (χ3v) is 6.26. The molecule has 0 aliphatic carbocycles. The maximum atomic E-state index is 13.3. The van der Waals surface area contributed by atoms with Crippen LogP contribution in [0.25, 0.3) is 11.2 Å². The van der Waals surface area contributed by atoms with Crippen LogP contribution in [0.1, 0.15) is 44.0 Å². The van der Waals surface area contributed by atoms with Gasteiger partial charge >= 0.3 is 12.2 Å². The molecule has 15 nitrogen and oxygen atoms in total. The molecule has 3 heterocycles. The molecule has 0 bridgehead atoms. The number of fused-ring (bicyclic) bond motifs is 1. The predicted octanol–water partition coefficient (Wildman–Crippen LogP) is 2.16. The molecular weight excluding hydrogens is 560 g/mol. The summed E-state index contributed by atoms with van der Waals surface area (Å²) < 4.78 is 6.75. The Bertz CT molecular complexity index is 1610. The van der Waals surface area contributed by atoms with Gasteiger partial charge in [-0.25, -0.2) is 29.1 Å². The normalized spacial score (nSPS) is 12.0. The average Bonchev–Trinajstić information content (AvgIpc) is 3.29. The lowest BCUT2D eigenvalue weighted by Gasteiger charge is -2.17. The molecule has 230 valence electrons. The highest BCUT2D eigenvalue weighted by atomic mass is 16.5. The number of hydrogen-bond donors (Lipinski definition) is 3. The van der Waals surface area contributed by atoms with Crippen LogP contribution in [-0.4, -0.2) is 85.3 Å². The second-order valence-electron chi connectivity index (χ2n) is 10.4. The highest BCUT2D eigenvalue weighted by molar-refractivity contribution is 5.96. The van der Waals surface area contributed by atoms with Crippen molar-refractivity contribution in [1.29, 1.82) is 0 Å². The molecule has 43 heavy (non-hydrogen) atoms. The van der Waals surface area contributed by atoms with Crippen LogP contribution in [0.5, 0.6) is 0 Å². The molecule has 3 rings (SSSR count). The van der Waals surface area contributed by atoms with Crippen LogP contribution in [-0.2, 0) is 27.3 Å². The summed E-state index contributed by atoms with van der Waals surface area (Å²) in [6, 6.07) is 1.81. The van der Waals surface area contributed by atoms with E-state index >= 15 is 0 Å². The molecule has 15 heteroatoms. The molecule has 0 saturated heterocycles. The third kappa shape index (κ3) is 8.24. The van der Waals surface area contributed by atoms with Crippen molar-refractivity contribution >= 4 is 40.9 Å². The number of alkyl carbamates (subject to hydrolysis) is 1. The monoisotopic (exact) mass is 596 g/mol. The maximum absolute atomic E-state index is 13.3. The van der Waals surface area contributed by atoms with E-state index in [1.165, 1.54) is 33.9 Å². The number of ether oxygens (including phenoxy) is 1. The van der Waals surface area contributed by atoms with Gasteiger partial charge < -0.3 is 29.9 Å². The van der Waals surface area contributed by atoms with Gasteiger partial charge in [-0.1, -0.05) is 19.9 Å². The van der Waals surface area contributed by atoms with Gasteiger partial charge in [-0.05, 0) is 50.3 Å². The average molecular weight is 597 g/mol. The Labute approximate surface area is 247 Å². The highest BCUT2D eigenvalue weighted by Crippen LogP contribution is 2.21. The largest absolute Gasteiger partial charge is 0.464 e. The molecule has 0 aliphatic rings. The minimum absolute atomic E-state index is 0.0438. The number of anilines is 1. The van der Waals surface area contributed by atoms with Gasteiger partial charge in [0.15, 0.2) is 5.65 Å². The number of nitrogens with zero attached hydrogens (tertiary/aromatic N) is 6. The number of allylic oxidation sites excluding steroid dienone is 1. The number of carbonyl (C=O) groups is 4. The number of nitrogens with one attached hydrogen (secondary N) is 2. The number of aromatic nitrogens is 5. The van der Waals surface area contributed by atoms with Gasteiger partial charge in [-0.2, -0.15) is 0 Å². The van der Waals surface area contributed by atoms with Crippen molar-refractivity contribution in [2.75, 3.05) is 26.5 Å². The van der Waals surface area contributed by atoms with Gasteiger partial charge in [0.05, 0.1) is 19.3 Å². The lowest BCUT2D eigenvalue weighted by molar-refractivity contribution is -0.123. The van der Waals surface area contributed by atoms with E-state index in [-0.39, 0.29) is 48.4 Å². The van der Waals surface area contributed by atoms with Gasteiger partial charge in [0.2, 0.25) is 11.8 Å². The predicted molar refractivity (Wildman–Crippen MR) is 157 cm³/mol. The first-order chi connectivity index (χ1) is 20.3. The van der Waals surface area contributed by atoms with E-state index in [1.54, 1.807) is 27.1 Å². The Hall–Kier alpha value is -5.08. The Morgan fingerprint density at radius 3 is 2.51 bits per heavy atom. The van der Waals surface area contributed by atoms with E-state index in [2.05, 4.69) is 30.3 Å². The van der Waals surface area contributed by atoms with Crippen molar-refractivity contribution in [2.24, 2.45) is 5.92 Å². The van der Waals surface area contributed by atoms with E-state index in [4.69, 9.17) is 0 Å². The Kier molecular flexibility index (Phi) is 10.7. The summed E-state index contributed by atoms with van der Waals surface area (Å²) in [6.45, 7) is 5.44. The number of hydrogen-bond acceptors (Lipinski definition) is 9. The van der Waals surface area contributed by atoms with Crippen LogP contribution >= 0.6 is 0 Å². The van der Waals surface area contributed by atoms with Gasteiger partial charge in [0.25, 0.3) is 5.56 Å². The van der Waals surface area contributed by atoms with E-state index in [0.29, 0.717) is 23.5 Å². The molecule has 0 fully saturated rings. The van der Waals surface area contributed by atoms with Crippen molar-refractivity contribution in [1.82, 2.24) is 34.3 Å². The van der Waals surface area contributed by atoms with Crippen molar-refractivity contribution in [2.45, 2.75) is 52.6 Å². The molecule has 0 aromatic carbocycles. The molecule has 3 aromatic heterocycles. The van der Waals surface area contributed by atoms with Crippen molar-refractivity contribution in [3.8, 4) is 0 Å². The smallest absolute Gasteiger partial charge is 0.418 e. The molecule has 1 atom stereocenters. The first-order valence-corrected chi connectivity index (χ1v) is 13.5. The number of methoxy groups -OCH3 is 1. The van der Waals surface area contributed by atoms with E-state index in [9.17, 15) is 29.1 Å². The van der Waals surface area contributed by atoms with E-state index in [1.807, 2.05) is 13.8 Å². The fraction of sp³-hybridized carbons (Fsp3) is 0.429. The summed E-state index contributed by atoms with van der Waals surface area (Å²) in [5, 5.41) is 14.9. The number of rotatable bonds is 11. The summed E-state index contributed by atoms with van der Waals surface area (Å²) in [6.07, 6.45) is 3.14. The number of amides is 3. The third-order valence-electron chi connectivity index (χ3n) is 6.26. The van der Waals surface area contributed by atoms with Crippen LogP contribution in [0.15, 0.2) is 35.3 Å². The first-order valence-electron chi connectivity index (χ1n) is 13.5. The standard InChI is InChI=1S/C28H36N8O7/c1-16(2)14-20-23-24(30-17(3)29-20)36(28(41)42)21(33-23)15-35-13-9-11-19(26(35)39)31-25(38)18(32-27(40)43-6)10-7-8-12-22(37)34(4)5/h8-9,11-13,16,18H,7,10,14-15H2,1-6H3,(H,31,38)(H,32,40)(H,41,42). The molecule has 1 unspecified atom stereocenters. The zero-order valence-corrected chi connectivity index (χ0v) is 24.9. The molecule has 3 aromatic rings. The van der Waals surface area contributed by atoms with Crippen molar-refractivity contribution in [3.05, 3.63) is 58.2 Å². The van der Waals surface area contributed by atoms with Crippen molar-refractivity contribution < 1.29 is 29.0 Å². The lowest BCUT2D eigenvalue weighted by Crippen LogP contribution is -2.44. The van der Waals surface area contributed by atoms with Crippen LogP contribution in [0.2, 0.25) is 0 Å². The zero-order valence-electron chi connectivity index (χ0n) is 24.9. The summed E-state index contributed by atoms with van der Waals surface area (Å²) >= 11 is 0. The minimum Gasteiger partial charge on any atom is -0.464 e. The topological polar surface area (TPSA) is 191 Å². The molecule has 3 N–H and O–H groups in total. The Morgan fingerprint density at radius 2 is 1.88 bits per heavy atom. The second-order valence-corrected chi connectivity index (χ2v) is 10.4. The lowest BCUT2D eigenvalue weighted by atomic mass is 10.1. The number of aryl methyl sites for hydroxylation is 1. The van der Waals surface area contributed by atoms with E-state index in [0.717, 1.165) is 11.7 Å². The van der Waals surface area contributed by atoms with Crippen LogP contribution < -0.4 is 16.2 Å². The first kappa shape index (κ1) is 32.4. The molecule has 0 aliphatic heterocycles. The quantitative estimate of drug-likeness (QED) is 0.276. The van der Waals surface area contributed by atoms with Crippen LogP contribution in [0.4, 0.5) is 15.3 Å². The molecule has 0 radical (unpaired) electrons. The van der Waals surface area contributed by atoms with Gasteiger partial charge in [-0.3, -0.25) is 14.4 Å². The Morgan fingerprint density at radius 1 is 1.16 bits per heavy atom. The maximum Gasteiger partial charge on any atom is 0.418 e. The number of pyridine rings is 1. The zero-order chi connectivity index (χ0) is 31.8.